The van der Waals surface area contributed by atoms with E-state index >= 15 is 0 Å². The van der Waals surface area contributed by atoms with E-state index in [1.807, 2.05) is 12.1 Å². The number of aryl methyl sites for hydroxylation is 2. The molecule has 0 spiro atoms. The van der Waals surface area contributed by atoms with Crippen LogP contribution in [0.2, 0.25) is 0 Å². The number of nitrogen functional groups attached to an aromatic ring is 1. The molecule has 4 aromatic carbocycles. The van der Waals surface area contributed by atoms with Gasteiger partial charge >= 0.3 is 0 Å². The summed E-state index contributed by atoms with van der Waals surface area (Å²) in [6.07, 6.45) is 0. The summed E-state index contributed by atoms with van der Waals surface area (Å²) in [5, 5.41) is 0. The van der Waals surface area contributed by atoms with E-state index in [-0.39, 0.29) is 0 Å². The normalized spacial score (nSPS) is 10.7. The number of anilines is 1. The van der Waals surface area contributed by atoms with Crippen molar-refractivity contribution in [2.24, 2.45) is 0 Å². The van der Waals surface area contributed by atoms with Crippen molar-refractivity contribution in [1.82, 2.24) is 0 Å². The fourth-order valence-electron chi connectivity index (χ4n) is 3.53. The Morgan fingerprint density at radius 1 is 0.481 bits per heavy atom. The van der Waals surface area contributed by atoms with E-state index in [0.29, 0.717) is 0 Å². The van der Waals surface area contributed by atoms with Crippen molar-refractivity contribution in [3.8, 4) is 33.4 Å². The summed E-state index contributed by atoms with van der Waals surface area (Å²) in [5.74, 6) is 0. The first-order valence-electron chi connectivity index (χ1n) is 9.25. The van der Waals surface area contributed by atoms with Crippen LogP contribution < -0.4 is 5.73 Å². The highest BCUT2D eigenvalue weighted by atomic mass is 14.6. The maximum Gasteiger partial charge on any atom is 0.0400 e. The Morgan fingerprint density at radius 3 is 1.56 bits per heavy atom. The van der Waals surface area contributed by atoms with Gasteiger partial charge < -0.3 is 5.73 Å². The lowest BCUT2D eigenvalue weighted by Crippen LogP contribution is -1.97. The van der Waals surface area contributed by atoms with E-state index in [9.17, 15) is 0 Å². The summed E-state index contributed by atoms with van der Waals surface area (Å²) in [6, 6.07) is 32.0. The van der Waals surface area contributed by atoms with Gasteiger partial charge in [-0.15, -0.1) is 0 Å². The van der Waals surface area contributed by atoms with Crippen molar-refractivity contribution >= 4 is 5.69 Å². The highest BCUT2D eigenvalue weighted by molar-refractivity contribution is 5.99. The Kier molecular flexibility index (Phi) is 4.52. The largest absolute Gasteiger partial charge is 0.398 e. The molecule has 0 atom stereocenters. The highest BCUT2D eigenvalue weighted by Gasteiger charge is 2.16. The third-order valence-corrected chi connectivity index (χ3v) is 5.00. The van der Waals surface area contributed by atoms with Gasteiger partial charge in [-0.3, -0.25) is 0 Å². The van der Waals surface area contributed by atoms with Crippen LogP contribution in [0.3, 0.4) is 0 Å². The number of nitrogens with two attached hydrogens (primary N) is 1. The van der Waals surface area contributed by atoms with Crippen LogP contribution in [0, 0.1) is 13.8 Å². The molecule has 0 heterocycles. The SMILES string of the molecule is Cc1ccc(-c2c(N)ccc(-c3ccccc3)c2-c2ccc(C)cc2)cc1. The second kappa shape index (κ2) is 7.13. The Morgan fingerprint density at radius 2 is 1.00 bits per heavy atom. The molecule has 0 aliphatic heterocycles. The van der Waals surface area contributed by atoms with Gasteiger partial charge in [0.1, 0.15) is 0 Å². The summed E-state index contributed by atoms with van der Waals surface area (Å²) < 4.78 is 0. The van der Waals surface area contributed by atoms with Crippen LogP contribution in [0.4, 0.5) is 5.69 Å². The summed E-state index contributed by atoms with van der Waals surface area (Å²) in [6.45, 7) is 4.22. The van der Waals surface area contributed by atoms with Gasteiger partial charge in [-0.25, -0.2) is 0 Å². The molecule has 0 aromatic heterocycles. The van der Waals surface area contributed by atoms with Crippen molar-refractivity contribution in [1.29, 1.82) is 0 Å². The molecule has 27 heavy (non-hydrogen) atoms. The van der Waals surface area contributed by atoms with E-state index in [4.69, 9.17) is 5.73 Å². The van der Waals surface area contributed by atoms with E-state index in [1.54, 1.807) is 0 Å². The molecule has 0 aliphatic rings. The molecule has 1 nitrogen and oxygen atoms in total. The lowest BCUT2D eigenvalue weighted by molar-refractivity contribution is 1.45. The molecule has 4 aromatic rings. The lowest BCUT2D eigenvalue weighted by Gasteiger charge is -2.19. The summed E-state index contributed by atoms with van der Waals surface area (Å²) in [4.78, 5) is 0. The summed E-state index contributed by atoms with van der Waals surface area (Å²) in [7, 11) is 0. The summed E-state index contributed by atoms with van der Waals surface area (Å²) >= 11 is 0. The highest BCUT2D eigenvalue weighted by Crippen LogP contribution is 2.43. The molecule has 1 heteroatoms. The van der Waals surface area contributed by atoms with Crippen LogP contribution in [0.25, 0.3) is 33.4 Å². The average molecular weight is 349 g/mol. The number of hydrogen-bond acceptors (Lipinski definition) is 1. The monoisotopic (exact) mass is 349 g/mol. The Labute approximate surface area is 161 Å². The molecule has 0 radical (unpaired) electrons. The molecule has 2 N–H and O–H groups in total. The minimum atomic E-state index is 0.800. The van der Waals surface area contributed by atoms with Crippen LogP contribution in [0.1, 0.15) is 11.1 Å². The van der Waals surface area contributed by atoms with Crippen LogP contribution >= 0.6 is 0 Å². The minimum Gasteiger partial charge on any atom is -0.398 e. The van der Waals surface area contributed by atoms with Crippen molar-refractivity contribution in [2.45, 2.75) is 13.8 Å². The zero-order valence-electron chi connectivity index (χ0n) is 15.7. The maximum absolute atomic E-state index is 6.51. The molecule has 0 amide bonds. The van der Waals surface area contributed by atoms with Gasteiger partial charge in [-0.05, 0) is 47.7 Å². The molecule has 0 unspecified atom stereocenters. The second-order valence-electron chi connectivity index (χ2n) is 7.05. The maximum atomic E-state index is 6.51. The standard InChI is InChI=1S/C26H23N/c1-18-8-12-21(13-9-18)25-23(20-6-4-3-5-7-20)16-17-24(27)26(25)22-14-10-19(2)11-15-22/h3-17H,27H2,1-2H3. The van der Waals surface area contributed by atoms with Gasteiger partial charge in [0.2, 0.25) is 0 Å². The topological polar surface area (TPSA) is 26.0 Å². The molecule has 0 saturated heterocycles. The van der Waals surface area contributed by atoms with Crippen molar-refractivity contribution in [3.05, 3.63) is 102 Å². The third kappa shape index (κ3) is 3.37. The zero-order valence-corrected chi connectivity index (χ0v) is 15.7. The molecule has 0 bridgehead atoms. The molecule has 0 fully saturated rings. The predicted octanol–water partition coefficient (Wildman–Crippen LogP) is 6.89. The van der Waals surface area contributed by atoms with Crippen molar-refractivity contribution in [3.63, 3.8) is 0 Å². The first-order chi connectivity index (χ1) is 13.1. The van der Waals surface area contributed by atoms with Crippen molar-refractivity contribution < 1.29 is 0 Å². The molecule has 0 saturated carbocycles. The zero-order chi connectivity index (χ0) is 18.8. The smallest absolute Gasteiger partial charge is 0.0400 e. The first kappa shape index (κ1) is 17.1. The fraction of sp³-hybridized carbons (Fsp3) is 0.0769. The minimum absolute atomic E-state index is 0.800. The van der Waals surface area contributed by atoms with Gasteiger partial charge in [0.25, 0.3) is 0 Å². The van der Waals surface area contributed by atoms with E-state index in [0.717, 1.165) is 16.8 Å². The lowest BCUT2D eigenvalue weighted by atomic mass is 9.86. The van der Waals surface area contributed by atoms with Crippen LogP contribution in [0.15, 0.2) is 91.0 Å². The van der Waals surface area contributed by atoms with Gasteiger partial charge in [0, 0.05) is 11.3 Å². The molecular formula is C26H23N. The third-order valence-electron chi connectivity index (χ3n) is 5.00. The van der Waals surface area contributed by atoms with Gasteiger partial charge in [0.05, 0.1) is 0 Å². The van der Waals surface area contributed by atoms with Crippen LogP contribution in [-0.2, 0) is 0 Å². The van der Waals surface area contributed by atoms with Gasteiger partial charge in [0.15, 0.2) is 0 Å². The van der Waals surface area contributed by atoms with E-state index in [1.165, 1.54) is 33.4 Å². The van der Waals surface area contributed by atoms with E-state index in [2.05, 4.69) is 92.7 Å². The molecule has 0 aliphatic carbocycles. The van der Waals surface area contributed by atoms with Gasteiger partial charge in [-0.1, -0.05) is 96.1 Å². The van der Waals surface area contributed by atoms with E-state index < -0.39 is 0 Å². The number of rotatable bonds is 3. The second-order valence-corrected chi connectivity index (χ2v) is 7.05. The van der Waals surface area contributed by atoms with Crippen LogP contribution in [-0.4, -0.2) is 0 Å². The van der Waals surface area contributed by atoms with Crippen LogP contribution in [0.5, 0.6) is 0 Å². The van der Waals surface area contributed by atoms with Gasteiger partial charge in [-0.2, -0.15) is 0 Å². The molecular weight excluding hydrogens is 326 g/mol. The Bertz CT molecular complexity index is 1060. The number of benzene rings is 4. The summed E-state index contributed by atoms with van der Waals surface area (Å²) in [5.41, 5.74) is 16.8. The average Bonchev–Trinajstić information content (AvgIpc) is 2.70. The Balaban J connectivity index is 2.05. The molecule has 132 valence electrons. The van der Waals surface area contributed by atoms with Crippen molar-refractivity contribution in [2.75, 3.05) is 5.73 Å². The first-order valence-corrected chi connectivity index (χ1v) is 9.25. The molecule has 4 rings (SSSR count). The predicted molar refractivity (Wildman–Crippen MR) is 117 cm³/mol. The Hall–Kier alpha value is -3.32. The quantitative estimate of drug-likeness (QED) is 0.401. The fourth-order valence-corrected chi connectivity index (χ4v) is 3.53. The number of hydrogen-bond donors (Lipinski definition) is 1.